The van der Waals surface area contributed by atoms with Gasteiger partial charge in [0.15, 0.2) is 0 Å². The Labute approximate surface area is 106 Å². The topological polar surface area (TPSA) is 66.6 Å². The van der Waals surface area contributed by atoms with E-state index in [0.717, 1.165) is 32.1 Å². The Bertz CT molecular complexity index is 247. The van der Waals surface area contributed by atoms with Gasteiger partial charge in [-0.1, -0.05) is 13.3 Å². The molecule has 1 aliphatic rings. The Kier molecular flexibility index (Phi) is 5.26. The Balaban J connectivity index is 2.27. The molecule has 4 nitrogen and oxygen atoms in total. The van der Waals surface area contributed by atoms with Crippen LogP contribution in [0.15, 0.2) is 0 Å². The van der Waals surface area contributed by atoms with E-state index in [9.17, 15) is 9.90 Å². The van der Waals surface area contributed by atoms with E-state index in [-0.39, 0.29) is 24.8 Å². The molecule has 3 N–H and O–H groups in total. The van der Waals surface area contributed by atoms with Crippen molar-refractivity contribution >= 4 is 5.91 Å². The van der Waals surface area contributed by atoms with Crippen molar-refractivity contribution in [3.05, 3.63) is 0 Å². The maximum Gasteiger partial charge on any atom is 0.222 e. The van der Waals surface area contributed by atoms with Crippen molar-refractivity contribution < 1.29 is 11.3 Å². The van der Waals surface area contributed by atoms with Crippen LogP contribution in [0.25, 0.3) is 0 Å². The van der Waals surface area contributed by atoms with Gasteiger partial charge in [-0.15, -0.1) is 0 Å². The lowest BCUT2D eigenvalue weighted by Crippen LogP contribution is -2.43. The molecule has 0 spiro atoms. The maximum atomic E-state index is 11.9. The normalized spacial score (nSPS) is 20.1. The van der Waals surface area contributed by atoms with E-state index in [4.69, 9.17) is 7.10 Å². The molecule has 1 saturated heterocycles. The van der Waals surface area contributed by atoms with Crippen molar-refractivity contribution in [2.45, 2.75) is 45.4 Å². The fourth-order valence-electron chi connectivity index (χ4n) is 2.14. The molecule has 17 heavy (non-hydrogen) atoms. The summed E-state index contributed by atoms with van der Waals surface area (Å²) in [4.78, 5) is 13.8. The standard InChI is InChI=1S/C13H26N2O2/c1-13(11-16)6-9-15(10-7-13)12(17)5-3-2-4-8-14/h16H,2-11,14H2,1H3/i1T. The number of piperidine rings is 1. The van der Waals surface area contributed by atoms with E-state index in [2.05, 4.69) is 0 Å². The zero-order chi connectivity index (χ0) is 13.4. The van der Waals surface area contributed by atoms with E-state index in [1.807, 2.05) is 4.90 Å². The summed E-state index contributed by atoms with van der Waals surface area (Å²) >= 11 is 0. The quantitative estimate of drug-likeness (QED) is 0.688. The number of likely N-dealkylation sites (tertiary alicyclic amines) is 1. The zero-order valence-electron chi connectivity index (χ0n) is 11.7. The van der Waals surface area contributed by atoms with Crippen LogP contribution in [-0.4, -0.2) is 42.2 Å². The number of carbonyl (C=O) groups is 1. The predicted octanol–water partition coefficient (Wildman–Crippen LogP) is 1.13. The summed E-state index contributed by atoms with van der Waals surface area (Å²) < 4.78 is 7.50. The molecule has 0 bridgehead atoms. The molecule has 1 heterocycles. The van der Waals surface area contributed by atoms with Crippen molar-refractivity contribution in [1.82, 2.24) is 4.90 Å². The van der Waals surface area contributed by atoms with Crippen molar-refractivity contribution in [3.63, 3.8) is 0 Å². The third kappa shape index (κ3) is 4.64. The second kappa shape index (κ2) is 6.97. The number of hydrogen-bond acceptors (Lipinski definition) is 3. The van der Waals surface area contributed by atoms with Gasteiger partial charge in [-0.2, -0.15) is 0 Å². The Hall–Kier alpha value is -0.610. The number of unbranched alkanes of at least 4 members (excludes halogenated alkanes) is 2. The monoisotopic (exact) mass is 244 g/mol. The Morgan fingerprint density at radius 3 is 2.65 bits per heavy atom. The molecule has 0 aromatic carbocycles. The highest BCUT2D eigenvalue weighted by Crippen LogP contribution is 2.30. The molecule has 0 aromatic rings. The Morgan fingerprint density at radius 2 is 2.12 bits per heavy atom. The van der Waals surface area contributed by atoms with Crippen LogP contribution in [0, 0.1) is 5.41 Å². The van der Waals surface area contributed by atoms with Crippen LogP contribution < -0.4 is 5.73 Å². The lowest BCUT2D eigenvalue weighted by Gasteiger charge is -2.38. The summed E-state index contributed by atoms with van der Waals surface area (Å²) in [7, 11) is 0. The fraction of sp³-hybridized carbons (Fsp3) is 0.923. The number of nitrogens with two attached hydrogens (primary N) is 1. The molecule has 0 unspecified atom stereocenters. The van der Waals surface area contributed by atoms with Crippen LogP contribution in [0.1, 0.15) is 46.8 Å². The number of rotatable bonds is 6. The number of amides is 1. The lowest BCUT2D eigenvalue weighted by molar-refractivity contribution is -0.133. The van der Waals surface area contributed by atoms with Gasteiger partial charge in [0, 0.05) is 27.5 Å². The predicted molar refractivity (Wildman–Crippen MR) is 68.5 cm³/mol. The third-order valence-corrected chi connectivity index (χ3v) is 3.61. The van der Waals surface area contributed by atoms with Crippen LogP contribution in [0.5, 0.6) is 0 Å². The van der Waals surface area contributed by atoms with Gasteiger partial charge in [-0.05, 0) is 37.6 Å². The van der Waals surface area contributed by atoms with Gasteiger partial charge in [-0.25, -0.2) is 0 Å². The summed E-state index contributed by atoms with van der Waals surface area (Å²) in [6.07, 6.45) is 5.02. The molecular weight excluding hydrogens is 216 g/mol. The van der Waals surface area contributed by atoms with Crippen LogP contribution in [-0.2, 0) is 4.79 Å². The van der Waals surface area contributed by atoms with Gasteiger partial charge in [0.1, 0.15) is 0 Å². The van der Waals surface area contributed by atoms with E-state index in [1.54, 1.807) is 0 Å². The smallest absolute Gasteiger partial charge is 0.222 e. The van der Waals surface area contributed by atoms with Gasteiger partial charge >= 0.3 is 0 Å². The van der Waals surface area contributed by atoms with Gasteiger partial charge in [-0.3, -0.25) is 4.79 Å². The molecule has 100 valence electrons. The zero-order valence-corrected chi connectivity index (χ0v) is 10.7. The second-order valence-electron chi connectivity index (χ2n) is 5.14. The Morgan fingerprint density at radius 1 is 1.41 bits per heavy atom. The van der Waals surface area contributed by atoms with E-state index in [1.165, 1.54) is 0 Å². The SMILES string of the molecule is [3H]CC1(CO)CCN(C(=O)CCCCCN)CC1. The number of aliphatic hydroxyl groups is 1. The first kappa shape index (κ1) is 12.8. The van der Waals surface area contributed by atoms with Crippen molar-refractivity contribution in [2.75, 3.05) is 26.2 Å². The van der Waals surface area contributed by atoms with Crippen LogP contribution in [0.3, 0.4) is 0 Å². The third-order valence-electron chi connectivity index (χ3n) is 3.61. The van der Waals surface area contributed by atoms with E-state index in [0.29, 0.717) is 26.1 Å². The minimum Gasteiger partial charge on any atom is -0.396 e. The summed E-state index contributed by atoms with van der Waals surface area (Å²) in [6, 6.07) is 0. The molecule has 0 aliphatic carbocycles. The molecule has 1 fully saturated rings. The first-order chi connectivity index (χ1) is 8.67. The summed E-state index contributed by atoms with van der Waals surface area (Å²) in [5.74, 6) is 0.212. The molecule has 0 atom stereocenters. The maximum absolute atomic E-state index is 11.9. The number of carbonyl (C=O) groups excluding carboxylic acids is 1. The summed E-state index contributed by atoms with van der Waals surface area (Å²) in [5.41, 5.74) is 5.14. The second-order valence-corrected chi connectivity index (χ2v) is 5.14. The summed E-state index contributed by atoms with van der Waals surface area (Å²) in [5, 5.41) is 9.33. The lowest BCUT2D eigenvalue weighted by atomic mass is 9.81. The number of hydrogen-bond donors (Lipinski definition) is 2. The first-order valence-corrected chi connectivity index (χ1v) is 6.55. The fourth-order valence-corrected chi connectivity index (χ4v) is 2.14. The highest BCUT2D eigenvalue weighted by Gasteiger charge is 2.30. The molecule has 1 aliphatic heterocycles. The van der Waals surface area contributed by atoms with Crippen molar-refractivity contribution in [3.8, 4) is 0 Å². The molecule has 1 rings (SSSR count). The van der Waals surface area contributed by atoms with Gasteiger partial charge in [0.05, 0.1) is 0 Å². The highest BCUT2D eigenvalue weighted by molar-refractivity contribution is 5.76. The van der Waals surface area contributed by atoms with Crippen LogP contribution >= 0.6 is 0 Å². The average Bonchev–Trinajstić information content (AvgIpc) is 2.43. The minimum atomic E-state index is -0.268. The molecule has 4 heteroatoms. The number of aliphatic hydroxyl groups excluding tert-OH is 1. The minimum absolute atomic E-state index is 0.0645. The summed E-state index contributed by atoms with van der Waals surface area (Å²) in [6.45, 7) is 2.39. The van der Waals surface area contributed by atoms with Crippen molar-refractivity contribution in [1.29, 1.82) is 0 Å². The molecule has 1 amide bonds. The first-order valence-electron chi connectivity index (χ1n) is 7.26. The average molecular weight is 244 g/mol. The van der Waals surface area contributed by atoms with E-state index < -0.39 is 0 Å². The van der Waals surface area contributed by atoms with E-state index >= 15 is 0 Å². The van der Waals surface area contributed by atoms with Gasteiger partial charge in [0.2, 0.25) is 5.91 Å². The molecule has 0 aromatic heterocycles. The molecule has 0 saturated carbocycles. The van der Waals surface area contributed by atoms with Crippen LogP contribution in [0.4, 0.5) is 0 Å². The molecule has 0 radical (unpaired) electrons. The van der Waals surface area contributed by atoms with Gasteiger partial charge in [0.25, 0.3) is 0 Å². The van der Waals surface area contributed by atoms with Gasteiger partial charge < -0.3 is 15.7 Å². The number of nitrogens with zero attached hydrogens (tertiary/aromatic N) is 1. The van der Waals surface area contributed by atoms with Crippen molar-refractivity contribution in [2.24, 2.45) is 11.1 Å². The highest BCUT2D eigenvalue weighted by atomic mass is 16.3. The molecular formula is C13H26N2O2. The van der Waals surface area contributed by atoms with Crippen LogP contribution in [0.2, 0.25) is 0 Å². The largest absolute Gasteiger partial charge is 0.396 e.